The molecule has 0 saturated carbocycles. The molecule has 2 aliphatic heterocycles. The molecule has 20 heavy (non-hydrogen) atoms. The van der Waals surface area contributed by atoms with Crippen molar-refractivity contribution in [2.24, 2.45) is 0 Å². The predicted molar refractivity (Wildman–Crippen MR) is 78.6 cm³/mol. The van der Waals surface area contributed by atoms with Gasteiger partial charge in [0.05, 0.1) is 6.61 Å². The number of piperidine rings is 1. The maximum absolute atomic E-state index is 11.4. The number of aryl methyl sites for hydroxylation is 1. The van der Waals surface area contributed by atoms with Crippen molar-refractivity contribution >= 4 is 6.29 Å². The Balaban J connectivity index is 2.14. The third-order valence-corrected chi connectivity index (χ3v) is 4.73. The smallest absolute Gasteiger partial charge is 0.150 e. The van der Waals surface area contributed by atoms with E-state index < -0.39 is 0 Å². The van der Waals surface area contributed by atoms with Crippen molar-refractivity contribution in [2.45, 2.75) is 31.7 Å². The topological polar surface area (TPSA) is 50.4 Å². The van der Waals surface area contributed by atoms with Crippen molar-refractivity contribution in [1.82, 2.24) is 10.6 Å². The Morgan fingerprint density at radius 2 is 2.20 bits per heavy atom. The number of fused-ring (bicyclic) bond motifs is 2. The number of rotatable bonds is 3. The van der Waals surface area contributed by atoms with E-state index >= 15 is 0 Å². The Bertz CT molecular complexity index is 534. The standard InChI is InChI=1S/C16H22N2O2/c1-11-7-14-15(12(8-17-2)13(11)9-19)20-10-16(14)3-5-18-6-4-16/h7,9,17-18H,3-6,8,10H2,1-2H3. The van der Waals surface area contributed by atoms with Crippen LogP contribution >= 0.6 is 0 Å². The monoisotopic (exact) mass is 274 g/mol. The lowest BCUT2D eigenvalue weighted by molar-refractivity contribution is 0.112. The lowest BCUT2D eigenvalue weighted by Gasteiger charge is -2.33. The number of aldehydes is 1. The minimum Gasteiger partial charge on any atom is -0.492 e. The summed E-state index contributed by atoms with van der Waals surface area (Å²) in [5.41, 5.74) is 4.33. The molecule has 4 nitrogen and oxygen atoms in total. The lowest BCUT2D eigenvalue weighted by Crippen LogP contribution is -2.41. The van der Waals surface area contributed by atoms with Gasteiger partial charge in [0, 0.05) is 28.7 Å². The molecule has 2 N–H and O–H groups in total. The molecule has 1 saturated heterocycles. The third kappa shape index (κ3) is 1.95. The Morgan fingerprint density at radius 1 is 1.45 bits per heavy atom. The SMILES string of the molecule is CNCc1c(C=O)c(C)cc2c1OCC21CCNCC1. The van der Waals surface area contributed by atoms with Crippen molar-refractivity contribution in [2.75, 3.05) is 26.7 Å². The molecule has 2 heterocycles. The van der Waals surface area contributed by atoms with E-state index in [9.17, 15) is 4.79 Å². The molecule has 0 atom stereocenters. The van der Waals surface area contributed by atoms with Crippen LogP contribution in [0.1, 0.15) is 39.9 Å². The Labute approximate surface area is 119 Å². The van der Waals surface area contributed by atoms with Crippen LogP contribution in [0, 0.1) is 6.92 Å². The van der Waals surface area contributed by atoms with Gasteiger partial charge in [-0.2, -0.15) is 0 Å². The van der Waals surface area contributed by atoms with E-state index in [1.165, 1.54) is 5.56 Å². The highest BCUT2D eigenvalue weighted by molar-refractivity contribution is 5.82. The molecule has 1 fully saturated rings. The van der Waals surface area contributed by atoms with E-state index in [0.717, 1.165) is 61.3 Å². The Morgan fingerprint density at radius 3 is 2.85 bits per heavy atom. The Kier molecular flexibility index (Phi) is 3.52. The zero-order valence-electron chi connectivity index (χ0n) is 12.2. The molecule has 0 aromatic heterocycles. The van der Waals surface area contributed by atoms with Crippen LogP contribution in [0.4, 0.5) is 0 Å². The van der Waals surface area contributed by atoms with E-state index in [4.69, 9.17) is 4.74 Å². The number of benzene rings is 1. The van der Waals surface area contributed by atoms with Crippen molar-refractivity contribution < 1.29 is 9.53 Å². The molecule has 1 aromatic carbocycles. The first kappa shape index (κ1) is 13.6. The fraction of sp³-hybridized carbons (Fsp3) is 0.562. The molecular formula is C16H22N2O2. The molecule has 0 radical (unpaired) electrons. The fourth-order valence-corrected chi connectivity index (χ4v) is 3.56. The largest absolute Gasteiger partial charge is 0.492 e. The molecule has 1 aromatic rings. The van der Waals surface area contributed by atoms with Crippen LogP contribution in [-0.4, -0.2) is 33.0 Å². The average Bonchev–Trinajstić information content (AvgIpc) is 2.79. The summed E-state index contributed by atoms with van der Waals surface area (Å²) in [6.45, 7) is 5.53. The maximum atomic E-state index is 11.4. The number of hydrogen-bond acceptors (Lipinski definition) is 4. The molecular weight excluding hydrogens is 252 g/mol. The zero-order chi connectivity index (χ0) is 14.2. The number of ether oxygens (including phenoxy) is 1. The van der Waals surface area contributed by atoms with Crippen molar-refractivity contribution in [1.29, 1.82) is 0 Å². The summed E-state index contributed by atoms with van der Waals surface area (Å²) >= 11 is 0. The van der Waals surface area contributed by atoms with Gasteiger partial charge in [-0.25, -0.2) is 0 Å². The molecule has 1 spiro atoms. The van der Waals surface area contributed by atoms with Gasteiger partial charge in [-0.15, -0.1) is 0 Å². The van der Waals surface area contributed by atoms with Crippen LogP contribution in [0.15, 0.2) is 6.07 Å². The quantitative estimate of drug-likeness (QED) is 0.821. The second kappa shape index (κ2) is 5.19. The van der Waals surface area contributed by atoms with Gasteiger partial charge in [0.15, 0.2) is 6.29 Å². The summed E-state index contributed by atoms with van der Waals surface area (Å²) in [7, 11) is 1.90. The first-order valence-corrected chi connectivity index (χ1v) is 7.32. The van der Waals surface area contributed by atoms with Crippen molar-refractivity contribution in [3.8, 4) is 5.75 Å². The normalized spacial score (nSPS) is 19.7. The second-order valence-corrected chi connectivity index (χ2v) is 5.93. The molecule has 0 bridgehead atoms. The van der Waals surface area contributed by atoms with Crippen LogP contribution < -0.4 is 15.4 Å². The summed E-state index contributed by atoms with van der Waals surface area (Å²) in [6, 6.07) is 2.18. The predicted octanol–water partition coefficient (Wildman–Crippen LogP) is 1.54. The third-order valence-electron chi connectivity index (χ3n) is 4.73. The van der Waals surface area contributed by atoms with Gasteiger partial charge >= 0.3 is 0 Å². The molecule has 2 aliphatic rings. The summed E-state index contributed by atoms with van der Waals surface area (Å²) in [5.74, 6) is 0.953. The fourth-order valence-electron chi connectivity index (χ4n) is 3.56. The van der Waals surface area contributed by atoms with Gasteiger partial charge in [0.25, 0.3) is 0 Å². The highest BCUT2D eigenvalue weighted by Crippen LogP contribution is 2.47. The first-order chi connectivity index (χ1) is 9.72. The van der Waals surface area contributed by atoms with E-state index in [0.29, 0.717) is 6.54 Å². The molecule has 0 amide bonds. The number of hydrogen-bond donors (Lipinski definition) is 2. The summed E-state index contributed by atoms with van der Waals surface area (Å²) < 4.78 is 6.05. The number of carbonyl (C=O) groups is 1. The van der Waals surface area contributed by atoms with Crippen molar-refractivity contribution in [3.05, 3.63) is 28.3 Å². The van der Waals surface area contributed by atoms with Crippen LogP contribution in [0.5, 0.6) is 5.75 Å². The highest BCUT2D eigenvalue weighted by atomic mass is 16.5. The minimum atomic E-state index is 0.148. The Hall–Kier alpha value is -1.39. The van der Waals surface area contributed by atoms with Crippen LogP contribution in [-0.2, 0) is 12.0 Å². The van der Waals surface area contributed by atoms with E-state index in [2.05, 4.69) is 16.7 Å². The summed E-state index contributed by atoms with van der Waals surface area (Å²) in [4.78, 5) is 11.4. The number of carbonyl (C=O) groups excluding carboxylic acids is 1. The molecule has 108 valence electrons. The minimum absolute atomic E-state index is 0.148. The van der Waals surface area contributed by atoms with Gasteiger partial charge in [0.2, 0.25) is 0 Å². The molecule has 3 rings (SSSR count). The lowest BCUT2D eigenvalue weighted by atomic mass is 9.73. The maximum Gasteiger partial charge on any atom is 0.150 e. The number of nitrogens with one attached hydrogen (secondary N) is 2. The highest BCUT2D eigenvalue weighted by Gasteiger charge is 2.43. The van der Waals surface area contributed by atoms with Gasteiger partial charge < -0.3 is 15.4 Å². The van der Waals surface area contributed by atoms with Gasteiger partial charge in [0.1, 0.15) is 5.75 Å². The average molecular weight is 274 g/mol. The van der Waals surface area contributed by atoms with Crippen LogP contribution in [0.3, 0.4) is 0 Å². The summed E-state index contributed by atoms with van der Waals surface area (Å²) in [5, 5.41) is 6.58. The van der Waals surface area contributed by atoms with E-state index in [-0.39, 0.29) is 5.41 Å². The van der Waals surface area contributed by atoms with Crippen LogP contribution in [0.2, 0.25) is 0 Å². The van der Waals surface area contributed by atoms with Gasteiger partial charge in [-0.1, -0.05) is 6.07 Å². The van der Waals surface area contributed by atoms with Gasteiger partial charge in [-0.05, 0) is 45.5 Å². The van der Waals surface area contributed by atoms with Crippen molar-refractivity contribution in [3.63, 3.8) is 0 Å². The van der Waals surface area contributed by atoms with E-state index in [1.807, 2.05) is 14.0 Å². The van der Waals surface area contributed by atoms with E-state index in [1.54, 1.807) is 0 Å². The first-order valence-electron chi connectivity index (χ1n) is 7.32. The second-order valence-electron chi connectivity index (χ2n) is 5.93. The van der Waals surface area contributed by atoms with Crippen LogP contribution in [0.25, 0.3) is 0 Å². The molecule has 0 aliphatic carbocycles. The zero-order valence-corrected chi connectivity index (χ0v) is 12.2. The summed E-state index contributed by atoms with van der Waals surface area (Å²) in [6.07, 6.45) is 3.18. The molecule has 0 unspecified atom stereocenters. The molecule has 4 heteroatoms. The van der Waals surface area contributed by atoms with Gasteiger partial charge in [-0.3, -0.25) is 4.79 Å².